The van der Waals surface area contributed by atoms with Gasteiger partial charge in [-0.15, -0.1) is 0 Å². The molecule has 0 aromatic carbocycles. The second kappa shape index (κ2) is 5.27. The van der Waals surface area contributed by atoms with Crippen molar-refractivity contribution in [2.45, 2.75) is 13.3 Å². The van der Waals surface area contributed by atoms with Gasteiger partial charge in [-0.2, -0.15) is 0 Å². The molecule has 0 radical (unpaired) electrons. The van der Waals surface area contributed by atoms with Crippen molar-refractivity contribution < 1.29 is 37.5 Å². The third kappa shape index (κ3) is 2.57. The summed E-state index contributed by atoms with van der Waals surface area (Å²) in [6, 6.07) is 0. The summed E-state index contributed by atoms with van der Waals surface area (Å²) in [5, 5.41) is 2.63. The molecule has 0 bridgehead atoms. The first-order valence-electron chi connectivity index (χ1n) is 4.18. The number of amides is 1. The van der Waals surface area contributed by atoms with Gasteiger partial charge in [-0.05, 0) is 0 Å². The van der Waals surface area contributed by atoms with Gasteiger partial charge in [-0.3, -0.25) is 9.78 Å². The topological polar surface area (TPSA) is 83.6 Å². The van der Waals surface area contributed by atoms with Gasteiger partial charge in [0.2, 0.25) is 5.91 Å². The molecule has 0 atom stereocenters. The number of carbonyl (C=O) groups excluding carboxylic acids is 1. The van der Waals surface area contributed by atoms with Gasteiger partial charge < -0.3 is 20.3 Å². The second-order valence-corrected chi connectivity index (χ2v) is 2.68. The molecular weight excluding hydrogens is 271 g/mol. The van der Waals surface area contributed by atoms with Gasteiger partial charge in [0.25, 0.3) is 0 Å². The summed E-state index contributed by atoms with van der Waals surface area (Å²) in [5.74, 6) is 0.312. The fraction of sp³-hybridized carbons (Fsp3) is 0.250. The van der Waals surface area contributed by atoms with Gasteiger partial charge in [0, 0.05) is 24.1 Å². The predicted octanol–water partition coefficient (Wildman–Crippen LogP) is 0.499. The first-order valence-corrected chi connectivity index (χ1v) is 4.18. The van der Waals surface area contributed by atoms with E-state index in [1.807, 2.05) is 0 Å². The number of H-pyrrole nitrogens is 1. The Morgan fingerprint density at radius 2 is 2.40 bits per heavy atom. The van der Waals surface area contributed by atoms with Gasteiger partial charge >= 0.3 is 32.7 Å². The van der Waals surface area contributed by atoms with E-state index in [1.54, 1.807) is 6.92 Å². The molecule has 15 heavy (non-hydrogen) atoms. The van der Waals surface area contributed by atoms with E-state index in [0.717, 1.165) is 0 Å². The van der Waals surface area contributed by atoms with E-state index in [9.17, 15) is 4.79 Å². The summed E-state index contributed by atoms with van der Waals surface area (Å²) in [6.45, 7) is 1.77. The number of rotatable bonds is 2. The average molecular weight is 279 g/mol. The largest absolute Gasteiger partial charge is 3.00 e. The van der Waals surface area contributed by atoms with E-state index in [1.165, 1.54) is 6.33 Å². The van der Waals surface area contributed by atoms with Crippen molar-refractivity contribution in [1.29, 1.82) is 0 Å². The van der Waals surface area contributed by atoms with Gasteiger partial charge in [-0.25, -0.2) is 0 Å². The van der Waals surface area contributed by atoms with Gasteiger partial charge in [0.15, 0.2) is 0 Å². The number of nitrogens with zero attached hydrogens (tertiary/aromatic N) is 3. The molecule has 0 unspecified atom stereocenters. The maximum Gasteiger partial charge on any atom is 3.00 e. The van der Waals surface area contributed by atoms with Crippen molar-refractivity contribution in [3.63, 3.8) is 0 Å². The zero-order chi connectivity index (χ0) is 9.97. The molecule has 6 nitrogen and oxygen atoms in total. The Balaban J connectivity index is 0.00000112. The number of nitrogens with one attached hydrogen (secondary N) is 2. The molecule has 1 amide bonds. The molecule has 2 aromatic heterocycles. The number of hydrogen-bond acceptors (Lipinski definition) is 4. The Labute approximate surface area is 111 Å². The third-order valence-electron chi connectivity index (χ3n) is 1.75. The number of hydrogen-bond donors (Lipinski definition) is 2. The van der Waals surface area contributed by atoms with Crippen LogP contribution in [0.25, 0.3) is 11.2 Å². The van der Waals surface area contributed by atoms with Crippen LogP contribution in [0, 0.1) is 6.33 Å². The number of anilines is 1. The monoisotopic (exact) mass is 279 g/mol. The minimum absolute atomic E-state index is 0. The second-order valence-electron chi connectivity index (χ2n) is 2.68. The summed E-state index contributed by atoms with van der Waals surface area (Å²) in [4.78, 5) is 25.5. The molecule has 0 aliphatic rings. The molecule has 2 aromatic rings. The van der Waals surface area contributed by atoms with E-state index in [2.05, 4.69) is 31.6 Å². The Morgan fingerprint density at radius 1 is 1.60 bits per heavy atom. The number of aromatic nitrogens is 4. The Bertz CT molecular complexity index is 469. The smallest absolute Gasteiger partial charge is 0.363 e. The van der Waals surface area contributed by atoms with E-state index in [0.29, 0.717) is 23.4 Å². The van der Waals surface area contributed by atoms with Gasteiger partial charge in [0.1, 0.15) is 0 Å². The summed E-state index contributed by atoms with van der Waals surface area (Å²) in [5.41, 5.74) is 1.11. The van der Waals surface area contributed by atoms with Crippen LogP contribution in [0.15, 0.2) is 6.33 Å². The zero-order valence-corrected chi connectivity index (χ0v) is 10.9. The van der Waals surface area contributed by atoms with Crippen molar-refractivity contribution in [3.05, 3.63) is 12.7 Å². The van der Waals surface area contributed by atoms with Gasteiger partial charge in [-0.1, -0.05) is 6.92 Å². The van der Waals surface area contributed by atoms with Crippen molar-refractivity contribution >= 4 is 22.9 Å². The average Bonchev–Trinajstić information content (AvgIpc) is 2.66. The van der Waals surface area contributed by atoms with Crippen LogP contribution >= 0.6 is 0 Å². The number of aromatic amines is 1. The summed E-state index contributed by atoms with van der Waals surface area (Å²) in [6.07, 6.45) is 4.32. The van der Waals surface area contributed by atoms with Crippen LogP contribution in [-0.4, -0.2) is 25.8 Å². The maximum absolute atomic E-state index is 11.1. The SMILES string of the molecule is CCC(=O)Nc1n[c-]nc2nc[nH]c12.[Y+3]. The first-order chi connectivity index (χ1) is 6.81. The van der Waals surface area contributed by atoms with Crippen LogP contribution in [0.5, 0.6) is 0 Å². The third-order valence-corrected chi connectivity index (χ3v) is 1.75. The van der Waals surface area contributed by atoms with Crippen molar-refractivity contribution in [2.24, 2.45) is 0 Å². The van der Waals surface area contributed by atoms with Crippen molar-refractivity contribution in [3.8, 4) is 0 Å². The molecule has 2 N–H and O–H groups in total. The maximum atomic E-state index is 11.1. The van der Waals surface area contributed by atoms with Gasteiger partial charge in [0.05, 0.1) is 12.0 Å². The Morgan fingerprint density at radius 3 is 3.13 bits per heavy atom. The van der Waals surface area contributed by atoms with E-state index in [4.69, 9.17) is 0 Å². The molecule has 0 aliphatic heterocycles. The predicted molar refractivity (Wildman–Crippen MR) is 49.4 cm³/mol. The molecule has 0 fully saturated rings. The fourth-order valence-corrected chi connectivity index (χ4v) is 1.04. The molecular formula is C8H8N5OY+2. The van der Waals surface area contributed by atoms with Crippen molar-refractivity contribution in [2.75, 3.05) is 5.32 Å². The van der Waals surface area contributed by atoms with E-state index >= 15 is 0 Å². The minimum Gasteiger partial charge on any atom is -0.363 e. The fourth-order valence-electron chi connectivity index (χ4n) is 1.04. The van der Waals surface area contributed by atoms with Crippen LogP contribution in [-0.2, 0) is 37.5 Å². The number of imidazole rings is 1. The van der Waals surface area contributed by atoms with Crippen LogP contribution in [0.4, 0.5) is 5.82 Å². The van der Waals surface area contributed by atoms with Crippen LogP contribution in [0.1, 0.15) is 13.3 Å². The molecule has 72 valence electrons. The Kier molecular flexibility index (Phi) is 4.29. The first kappa shape index (κ1) is 12.2. The molecule has 2 rings (SSSR count). The minimum atomic E-state index is -0.104. The van der Waals surface area contributed by atoms with Crippen molar-refractivity contribution in [1.82, 2.24) is 19.9 Å². The Hall–Kier alpha value is -0.876. The zero-order valence-electron chi connectivity index (χ0n) is 8.11. The molecule has 0 spiro atoms. The van der Waals surface area contributed by atoms with E-state index in [-0.39, 0.29) is 38.6 Å². The number of fused-ring (bicyclic) bond motifs is 1. The molecule has 0 aliphatic carbocycles. The molecule has 0 saturated carbocycles. The summed E-state index contributed by atoms with van der Waals surface area (Å²) < 4.78 is 0. The molecule has 7 heteroatoms. The molecule has 0 saturated heterocycles. The normalized spacial score (nSPS) is 9.67. The van der Waals surface area contributed by atoms with Crippen LogP contribution in [0.2, 0.25) is 0 Å². The van der Waals surface area contributed by atoms with Crippen LogP contribution < -0.4 is 5.32 Å². The standard InChI is InChI=1S/C8H8N5O.Y/c1-2-5(14)13-8-6-7(10-3-9-6)11-4-12-8;/h3H,2H2,1H3,(H2,9,10,11,12,13,14);/q-1;+3. The summed E-state index contributed by atoms with van der Waals surface area (Å²) in [7, 11) is 0. The quantitative estimate of drug-likeness (QED) is 0.784. The molecule has 2 heterocycles. The van der Waals surface area contributed by atoms with Crippen LogP contribution in [0.3, 0.4) is 0 Å². The number of carbonyl (C=O) groups is 1. The van der Waals surface area contributed by atoms with E-state index < -0.39 is 0 Å². The summed E-state index contributed by atoms with van der Waals surface area (Å²) >= 11 is 0.